The summed E-state index contributed by atoms with van der Waals surface area (Å²) in [6.07, 6.45) is 3.07. The van der Waals surface area contributed by atoms with Gasteiger partial charge in [0.2, 0.25) is 5.91 Å². The number of hydrogen-bond acceptors (Lipinski definition) is 7. The van der Waals surface area contributed by atoms with Gasteiger partial charge in [0.25, 0.3) is 0 Å². The van der Waals surface area contributed by atoms with Gasteiger partial charge in [0.1, 0.15) is 28.5 Å². The highest BCUT2D eigenvalue weighted by Gasteiger charge is 2.35. The van der Waals surface area contributed by atoms with Gasteiger partial charge in [-0.2, -0.15) is 0 Å². The molecule has 2 aromatic heterocycles. The molecule has 3 N–H and O–H groups in total. The Hall–Kier alpha value is -5.32. The molecule has 0 aliphatic rings. The maximum absolute atomic E-state index is 14.0. The fraction of sp³-hybridized carbons (Fsp3) is 0.368. The number of nitrogens with one attached hydrogen (secondary N) is 3. The smallest absolute Gasteiger partial charge is 0.408 e. The molecule has 2 amide bonds. The van der Waals surface area contributed by atoms with E-state index in [1.807, 2.05) is 66.9 Å². The van der Waals surface area contributed by atoms with Crippen LogP contribution in [-0.2, 0) is 35.3 Å². The Kier molecular flexibility index (Phi) is 10.6. The molecule has 0 spiro atoms. The molecule has 5 aromatic rings. The van der Waals surface area contributed by atoms with Gasteiger partial charge in [0.15, 0.2) is 5.82 Å². The third kappa shape index (κ3) is 8.98. The zero-order valence-electron chi connectivity index (χ0n) is 29.3. The lowest BCUT2D eigenvalue weighted by molar-refractivity contribution is -0.127. The molecule has 1 atom stereocenters. The predicted molar refractivity (Wildman–Crippen MR) is 189 cm³/mol. The monoisotopic (exact) mass is 666 g/mol. The molecule has 0 fully saturated rings. The van der Waals surface area contributed by atoms with Crippen LogP contribution < -0.4 is 20.1 Å². The van der Waals surface area contributed by atoms with E-state index in [2.05, 4.69) is 37.4 Å². The van der Waals surface area contributed by atoms with Gasteiger partial charge in [-0.25, -0.2) is 4.79 Å². The van der Waals surface area contributed by atoms with Gasteiger partial charge in [-0.15, -0.1) is 10.2 Å². The lowest BCUT2D eigenvalue weighted by atomic mass is 10.0. The summed E-state index contributed by atoms with van der Waals surface area (Å²) in [5.74, 6) is 2.27. The maximum atomic E-state index is 14.0. The van der Waals surface area contributed by atoms with Gasteiger partial charge in [0, 0.05) is 36.0 Å². The number of methoxy groups -OCH3 is 2. The standard InChI is InChI=1S/C38H46N6O5/c1-37(2,3)49-36(46)41-38(4,5)35(45)40-32(21-27-23-39-31-16-12-11-15-30(27)31)34-43-42-33(18-17-25-13-9-8-10-14-25)44(34)24-26-19-28(47-6)22-29(20-26)48-7/h8-16,19-20,22-23,32,39H,17-18,21,24H2,1-7H3,(H,40,45)(H,41,46)/t32-/m1/s1. The highest BCUT2D eigenvalue weighted by atomic mass is 16.6. The van der Waals surface area contributed by atoms with Crippen LogP contribution in [-0.4, -0.2) is 57.1 Å². The predicted octanol–water partition coefficient (Wildman–Crippen LogP) is 6.31. The number of aromatic amines is 1. The number of fused-ring (bicyclic) bond motifs is 1. The van der Waals surface area contributed by atoms with Gasteiger partial charge in [-0.1, -0.05) is 48.5 Å². The van der Waals surface area contributed by atoms with Crippen molar-refractivity contribution in [2.75, 3.05) is 14.2 Å². The lowest BCUT2D eigenvalue weighted by Crippen LogP contribution is -2.56. The average molecular weight is 667 g/mol. The van der Waals surface area contributed by atoms with Crippen LogP contribution in [0.25, 0.3) is 10.9 Å². The van der Waals surface area contributed by atoms with E-state index in [-0.39, 0.29) is 0 Å². The van der Waals surface area contributed by atoms with E-state index in [9.17, 15) is 9.59 Å². The Morgan fingerprint density at radius 3 is 2.20 bits per heavy atom. The Morgan fingerprint density at radius 2 is 1.53 bits per heavy atom. The Labute approximate surface area is 287 Å². The molecular weight excluding hydrogens is 620 g/mol. The number of hydrogen-bond donors (Lipinski definition) is 3. The number of carbonyl (C=O) groups excluding carboxylic acids is 2. The number of nitrogens with zero attached hydrogens (tertiary/aromatic N) is 3. The number of rotatable bonds is 13. The quantitative estimate of drug-likeness (QED) is 0.134. The fourth-order valence-corrected chi connectivity index (χ4v) is 5.69. The van der Waals surface area contributed by atoms with Crippen molar-refractivity contribution in [2.24, 2.45) is 0 Å². The van der Waals surface area contributed by atoms with Gasteiger partial charge >= 0.3 is 6.09 Å². The zero-order chi connectivity index (χ0) is 35.2. The van der Waals surface area contributed by atoms with Crippen molar-refractivity contribution >= 4 is 22.9 Å². The Morgan fingerprint density at radius 1 is 0.857 bits per heavy atom. The second kappa shape index (κ2) is 14.8. The van der Waals surface area contributed by atoms with Crippen LogP contribution in [0.5, 0.6) is 11.5 Å². The molecule has 0 aliphatic carbocycles. The van der Waals surface area contributed by atoms with Gasteiger partial charge in [-0.3, -0.25) is 4.79 Å². The molecule has 0 radical (unpaired) electrons. The molecule has 11 nitrogen and oxygen atoms in total. The second-order valence-electron chi connectivity index (χ2n) is 13.6. The first-order chi connectivity index (χ1) is 23.3. The summed E-state index contributed by atoms with van der Waals surface area (Å²) >= 11 is 0. The summed E-state index contributed by atoms with van der Waals surface area (Å²) in [4.78, 5) is 30.1. The summed E-state index contributed by atoms with van der Waals surface area (Å²) in [7, 11) is 3.24. The summed E-state index contributed by atoms with van der Waals surface area (Å²) in [5, 5.41) is 16.4. The number of carbonyl (C=O) groups is 2. The largest absolute Gasteiger partial charge is 0.497 e. The van der Waals surface area contributed by atoms with Crippen LogP contribution in [0.1, 0.15) is 69.0 Å². The molecule has 0 saturated heterocycles. The Balaban J connectivity index is 1.55. The van der Waals surface area contributed by atoms with Crippen molar-refractivity contribution < 1.29 is 23.8 Å². The first-order valence-corrected chi connectivity index (χ1v) is 16.4. The number of aromatic nitrogens is 4. The summed E-state index contributed by atoms with van der Waals surface area (Å²) < 4.78 is 18.7. The Bertz CT molecular complexity index is 1870. The van der Waals surface area contributed by atoms with Crippen molar-refractivity contribution in [1.29, 1.82) is 0 Å². The molecule has 3 aromatic carbocycles. The van der Waals surface area contributed by atoms with Crippen molar-refractivity contribution in [3.8, 4) is 11.5 Å². The molecule has 0 aliphatic heterocycles. The van der Waals surface area contributed by atoms with E-state index < -0.39 is 29.2 Å². The number of aryl methyl sites for hydroxylation is 2. The van der Waals surface area contributed by atoms with Gasteiger partial charge in [-0.05, 0) is 75.9 Å². The fourth-order valence-electron chi connectivity index (χ4n) is 5.69. The average Bonchev–Trinajstić information content (AvgIpc) is 3.66. The van der Waals surface area contributed by atoms with Gasteiger partial charge in [0.05, 0.1) is 26.8 Å². The molecule has 0 unspecified atom stereocenters. The number of H-pyrrole nitrogens is 1. The molecule has 0 saturated carbocycles. The number of para-hydroxylation sites is 1. The van der Waals surface area contributed by atoms with E-state index in [0.717, 1.165) is 34.3 Å². The summed E-state index contributed by atoms with van der Waals surface area (Å²) in [6.45, 7) is 9.02. The minimum atomic E-state index is -1.30. The van der Waals surface area contributed by atoms with Crippen LogP contribution in [0.4, 0.5) is 4.79 Å². The van der Waals surface area contributed by atoms with E-state index in [0.29, 0.717) is 36.7 Å². The number of alkyl carbamates (subject to hydrolysis) is 1. The lowest BCUT2D eigenvalue weighted by Gasteiger charge is -2.30. The third-order valence-electron chi connectivity index (χ3n) is 8.19. The second-order valence-corrected chi connectivity index (χ2v) is 13.6. The number of ether oxygens (including phenoxy) is 3. The van der Waals surface area contributed by atoms with Gasteiger partial charge < -0.3 is 34.4 Å². The van der Waals surface area contributed by atoms with Crippen molar-refractivity contribution in [1.82, 2.24) is 30.4 Å². The highest BCUT2D eigenvalue weighted by molar-refractivity contribution is 5.89. The molecule has 49 heavy (non-hydrogen) atoms. The van der Waals surface area contributed by atoms with E-state index >= 15 is 0 Å². The summed E-state index contributed by atoms with van der Waals surface area (Å²) in [6, 6.07) is 23.4. The van der Waals surface area contributed by atoms with Crippen molar-refractivity contribution in [3.63, 3.8) is 0 Å². The van der Waals surface area contributed by atoms with Crippen molar-refractivity contribution in [2.45, 2.75) is 77.6 Å². The zero-order valence-corrected chi connectivity index (χ0v) is 29.3. The molecule has 5 rings (SSSR count). The first kappa shape index (κ1) is 35.0. The third-order valence-corrected chi connectivity index (χ3v) is 8.19. The van der Waals surface area contributed by atoms with E-state index in [4.69, 9.17) is 19.3 Å². The number of benzene rings is 3. The van der Waals surface area contributed by atoms with E-state index in [1.165, 1.54) is 5.56 Å². The van der Waals surface area contributed by atoms with Crippen LogP contribution >= 0.6 is 0 Å². The van der Waals surface area contributed by atoms with Crippen LogP contribution in [0.15, 0.2) is 79.0 Å². The highest BCUT2D eigenvalue weighted by Crippen LogP contribution is 2.28. The molecule has 2 heterocycles. The van der Waals surface area contributed by atoms with Crippen LogP contribution in [0, 0.1) is 0 Å². The molecule has 258 valence electrons. The first-order valence-electron chi connectivity index (χ1n) is 16.4. The number of amides is 2. The minimum absolute atomic E-state index is 0.397. The SMILES string of the molecule is COc1cc(Cn2c(CCc3ccccc3)nnc2[C@@H](Cc2c[nH]c3ccccc23)NC(=O)C(C)(C)NC(=O)OC(C)(C)C)cc(OC)c1. The molecule has 0 bridgehead atoms. The van der Waals surface area contributed by atoms with E-state index in [1.54, 1.807) is 48.8 Å². The van der Waals surface area contributed by atoms with Crippen molar-refractivity contribution in [3.05, 3.63) is 107 Å². The van der Waals surface area contributed by atoms with Crippen LogP contribution in [0.3, 0.4) is 0 Å². The van der Waals surface area contributed by atoms with Crippen LogP contribution in [0.2, 0.25) is 0 Å². The normalized spacial score (nSPS) is 12.4. The maximum Gasteiger partial charge on any atom is 0.408 e. The topological polar surface area (TPSA) is 132 Å². The molecule has 11 heteroatoms. The summed E-state index contributed by atoms with van der Waals surface area (Å²) in [5.41, 5.74) is 2.07. The minimum Gasteiger partial charge on any atom is -0.497 e. The molecular formula is C38H46N6O5.